The van der Waals surface area contributed by atoms with E-state index in [9.17, 15) is 24.5 Å². The van der Waals surface area contributed by atoms with Crippen molar-refractivity contribution in [2.24, 2.45) is 7.05 Å². The van der Waals surface area contributed by atoms with Crippen LogP contribution in [0.5, 0.6) is 0 Å². The molecule has 1 aromatic heterocycles. The minimum atomic E-state index is -1.25. The Morgan fingerprint density at radius 1 is 1.18 bits per heavy atom. The zero-order valence-corrected chi connectivity index (χ0v) is 19.2. The largest absolute Gasteiger partial charge is 0.449 e. The van der Waals surface area contributed by atoms with Crippen molar-refractivity contribution in [1.29, 1.82) is 0 Å². The van der Waals surface area contributed by atoms with Gasteiger partial charge >= 0.3 is 5.97 Å². The van der Waals surface area contributed by atoms with Gasteiger partial charge in [-0.25, -0.2) is 9.48 Å². The lowest BCUT2D eigenvalue weighted by Crippen LogP contribution is -2.32. The molecule has 172 valence electrons. The normalized spacial score (nSPS) is 11.6. The highest BCUT2D eigenvalue weighted by Crippen LogP contribution is 2.28. The Balaban J connectivity index is 1.78. The van der Waals surface area contributed by atoms with Crippen molar-refractivity contribution >= 4 is 35.0 Å². The fraction of sp³-hybridized carbons (Fsp3) is 0.227. The van der Waals surface area contributed by atoms with Gasteiger partial charge < -0.3 is 10.1 Å². The lowest BCUT2D eigenvalue weighted by atomic mass is 10.2. The van der Waals surface area contributed by atoms with E-state index < -0.39 is 28.5 Å². The van der Waals surface area contributed by atoms with Gasteiger partial charge in [-0.3, -0.25) is 24.4 Å². The summed E-state index contributed by atoms with van der Waals surface area (Å²) in [4.78, 5) is 49.1. The lowest BCUT2D eigenvalue weighted by molar-refractivity contribution is -0.387. The van der Waals surface area contributed by atoms with E-state index in [4.69, 9.17) is 4.74 Å². The number of nitrogens with zero attached hydrogens (tertiary/aromatic N) is 3. The van der Waals surface area contributed by atoms with Crippen LogP contribution < -0.4 is 10.9 Å². The standard InChI is InChI=1S/C22H22N4O6S/c1-13-19(21(28)25(24(13)3)16-8-6-5-7-9-16)23-20(27)14(2)32-22(29)15-10-11-18(33-4)17(12-15)26(30)31/h5-12,14H,1-4H3,(H,23,27). The third-order valence-electron chi connectivity index (χ3n) is 5.07. The van der Waals surface area contributed by atoms with Crippen LogP contribution in [0.1, 0.15) is 23.0 Å². The first-order chi connectivity index (χ1) is 15.6. The van der Waals surface area contributed by atoms with Crippen molar-refractivity contribution in [2.75, 3.05) is 11.6 Å². The molecule has 33 heavy (non-hydrogen) atoms. The van der Waals surface area contributed by atoms with Crippen LogP contribution in [0.25, 0.3) is 5.69 Å². The highest BCUT2D eigenvalue weighted by Gasteiger charge is 2.25. The fourth-order valence-corrected chi connectivity index (χ4v) is 3.73. The number of nitro benzene ring substituents is 1. The maximum atomic E-state index is 12.9. The van der Waals surface area contributed by atoms with Crippen LogP contribution in [-0.4, -0.2) is 38.5 Å². The van der Waals surface area contributed by atoms with E-state index in [1.165, 1.54) is 35.5 Å². The van der Waals surface area contributed by atoms with Crippen molar-refractivity contribution in [2.45, 2.75) is 24.8 Å². The molecular formula is C22H22N4O6S. The van der Waals surface area contributed by atoms with Gasteiger partial charge in [-0.2, -0.15) is 0 Å². The third kappa shape index (κ3) is 4.82. The number of rotatable bonds is 7. The van der Waals surface area contributed by atoms with E-state index >= 15 is 0 Å². The van der Waals surface area contributed by atoms with E-state index in [1.807, 2.05) is 6.07 Å². The molecule has 0 saturated heterocycles. The Kier molecular flexibility index (Phi) is 7.02. The molecule has 0 fully saturated rings. The number of para-hydroxylation sites is 1. The van der Waals surface area contributed by atoms with E-state index in [0.29, 0.717) is 16.3 Å². The summed E-state index contributed by atoms with van der Waals surface area (Å²) in [5.41, 5.74) is 0.491. The second-order valence-corrected chi connectivity index (χ2v) is 7.97. The van der Waals surface area contributed by atoms with E-state index in [1.54, 1.807) is 49.2 Å². The summed E-state index contributed by atoms with van der Waals surface area (Å²) in [5, 5.41) is 13.8. The van der Waals surface area contributed by atoms with Gasteiger partial charge in [0.05, 0.1) is 26.8 Å². The van der Waals surface area contributed by atoms with Gasteiger partial charge in [-0.15, -0.1) is 11.8 Å². The van der Waals surface area contributed by atoms with Crippen LogP contribution in [0.4, 0.5) is 11.4 Å². The average Bonchev–Trinajstić information content (AvgIpc) is 3.01. The maximum absolute atomic E-state index is 12.9. The van der Waals surface area contributed by atoms with Crippen LogP contribution in [-0.2, 0) is 16.6 Å². The number of thioether (sulfide) groups is 1. The van der Waals surface area contributed by atoms with E-state index in [2.05, 4.69) is 5.32 Å². The number of aromatic nitrogens is 2. The summed E-state index contributed by atoms with van der Waals surface area (Å²) in [7, 11) is 1.69. The van der Waals surface area contributed by atoms with Gasteiger partial charge in [0.1, 0.15) is 5.69 Å². The van der Waals surface area contributed by atoms with Gasteiger partial charge in [0.2, 0.25) is 0 Å². The van der Waals surface area contributed by atoms with Crippen LogP contribution >= 0.6 is 11.8 Å². The minimum Gasteiger partial charge on any atom is -0.449 e. The molecule has 10 nitrogen and oxygen atoms in total. The second-order valence-electron chi connectivity index (χ2n) is 7.12. The summed E-state index contributed by atoms with van der Waals surface area (Å²) in [5.74, 6) is -1.59. The lowest BCUT2D eigenvalue weighted by Gasteiger charge is -2.13. The number of carbonyl (C=O) groups is 2. The molecule has 1 atom stereocenters. The fourth-order valence-electron chi connectivity index (χ4n) is 3.18. The topological polar surface area (TPSA) is 125 Å². The van der Waals surface area contributed by atoms with Crippen LogP contribution in [0.15, 0.2) is 58.2 Å². The van der Waals surface area contributed by atoms with Crippen molar-refractivity contribution < 1.29 is 19.2 Å². The van der Waals surface area contributed by atoms with Gasteiger partial charge in [-0.1, -0.05) is 18.2 Å². The first kappa shape index (κ1) is 23.8. The number of benzene rings is 2. The molecule has 0 bridgehead atoms. The summed E-state index contributed by atoms with van der Waals surface area (Å²) >= 11 is 1.18. The van der Waals surface area contributed by atoms with Crippen molar-refractivity contribution in [1.82, 2.24) is 9.36 Å². The molecule has 0 radical (unpaired) electrons. The maximum Gasteiger partial charge on any atom is 0.339 e. The monoisotopic (exact) mass is 470 g/mol. The summed E-state index contributed by atoms with van der Waals surface area (Å²) in [6.45, 7) is 3.03. The number of hydrogen-bond donors (Lipinski definition) is 1. The van der Waals surface area contributed by atoms with E-state index in [-0.39, 0.29) is 16.9 Å². The van der Waals surface area contributed by atoms with Gasteiger partial charge in [0.25, 0.3) is 17.2 Å². The number of nitrogens with one attached hydrogen (secondary N) is 1. The number of hydrogen-bond acceptors (Lipinski definition) is 7. The van der Waals surface area contributed by atoms with Crippen molar-refractivity contribution in [3.05, 3.63) is 80.3 Å². The van der Waals surface area contributed by atoms with Gasteiger partial charge in [-0.05, 0) is 44.4 Å². The molecule has 1 heterocycles. The number of anilines is 1. The van der Waals surface area contributed by atoms with Gasteiger partial charge in [0, 0.05) is 13.1 Å². The third-order valence-corrected chi connectivity index (χ3v) is 5.85. The summed E-state index contributed by atoms with van der Waals surface area (Å²) in [6, 6.07) is 12.9. The van der Waals surface area contributed by atoms with Crippen molar-refractivity contribution in [3.8, 4) is 5.69 Å². The van der Waals surface area contributed by atoms with E-state index in [0.717, 1.165) is 6.07 Å². The number of ether oxygens (including phenoxy) is 1. The Hall–Kier alpha value is -3.86. The van der Waals surface area contributed by atoms with Gasteiger partial charge in [0.15, 0.2) is 6.10 Å². The molecule has 0 aliphatic heterocycles. The summed E-state index contributed by atoms with van der Waals surface area (Å²) in [6.07, 6.45) is 0.435. The first-order valence-electron chi connectivity index (χ1n) is 9.84. The molecule has 2 aromatic carbocycles. The zero-order chi connectivity index (χ0) is 24.3. The van der Waals surface area contributed by atoms with Crippen LogP contribution in [0.2, 0.25) is 0 Å². The SMILES string of the molecule is CSc1ccc(C(=O)OC(C)C(=O)Nc2c(C)n(C)n(-c3ccccc3)c2=O)cc1[N+](=O)[O-]. The number of carbonyl (C=O) groups excluding carboxylic acids is 2. The molecular weight excluding hydrogens is 448 g/mol. The molecule has 0 aliphatic carbocycles. The number of esters is 1. The molecule has 1 amide bonds. The Labute approximate surface area is 193 Å². The second kappa shape index (κ2) is 9.74. The number of nitro groups is 1. The molecule has 3 aromatic rings. The van der Waals surface area contributed by atoms with Crippen molar-refractivity contribution in [3.63, 3.8) is 0 Å². The molecule has 1 unspecified atom stereocenters. The van der Waals surface area contributed by atoms with Crippen LogP contribution in [0, 0.1) is 17.0 Å². The quantitative estimate of drug-likeness (QED) is 0.243. The first-order valence-corrected chi connectivity index (χ1v) is 11.1. The minimum absolute atomic E-state index is 0.0542. The molecule has 0 saturated carbocycles. The summed E-state index contributed by atoms with van der Waals surface area (Å²) < 4.78 is 8.20. The molecule has 0 spiro atoms. The highest BCUT2D eigenvalue weighted by molar-refractivity contribution is 7.98. The highest BCUT2D eigenvalue weighted by atomic mass is 32.2. The average molecular weight is 471 g/mol. The molecule has 1 N–H and O–H groups in total. The van der Waals surface area contributed by atoms with Crippen LogP contribution in [0.3, 0.4) is 0 Å². The predicted octanol–water partition coefficient (Wildman–Crippen LogP) is 3.30. The molecule has 11 heteroatoms. The predicted molar refractivity (Wildman–Crippen MR) is 124 cm³/mol. The Morgan fingerprint density at radius 3 is 2.45 bits per heavy atom. The Morgan fingerprint density at radius 2 is 1.85 bits per heavy atom. The number of amides is 1. The Bertz CT molecular complexity index is 1280. The molecule has 0 aliphatic rings. The molecule has 3 rings (SSSR count). The zero-order valence-electron chi connectivity index (χ0n) is 18.4. The smallest absolute Gasteiger partial charge is 0.339 e.